The zero-order chi connectivity index (χ0) is 11.5. The fraction of sp³-hybridized carbons (Fsp3) is 1.00. The largest absolute Gasteiger partial charge is 0.392 e. The number of aliphatic hydroxyl groups excluding tert-OH is 1. The van der Waals surface area contributed by atoms with Crippen molar-refractivity contribution in [3.05, 3.63) is 0 Å². The van der Waals surface area contributed by atoms with E-state index in [4.69, 9.17) is 0 Å². The molecule has 1 N–H and O–H groups in total. The van der Waals surface area contributed by atoms with E-state index in [-0.39, 0.29) is 10.9 Å². The van der Waals surface area contributed by atoms with Gasteiger partial charge in [0.2, 0.25) is 0 Å². The van der Waals surface area contributed by atoms with Crippen LogP contribution in [0.5, 0.6) is 0 Å². The number of thioether (sulfide) groups is 1. The van der Waals surface area contributed by atoms with Gasteiger partial charge in [0.1, 0.15) is 0 Å². The first-order valence-corrected chi connectivity index (χ1v) is 7.19. The molecule has 1 rings (SSSR count). The zero-order valence-corrected chi connectivity index (χ0v) is 11.4. The molecule has 90 valence electrons. The number of aliphatic hydroxyl groups is 1. The minimum atomic E-state index is -0.0817. The Bertz CT molecular complexity index is 177. The van der Waals surface area contributed by atoms with Crippen LogP contribution in [0.25, 0.3) is 0 Å². The monoisotopic (exact) mass is 230 g/mol. The molecule has 1 saturated carbocycles. The summed E-state index contributed by atoms with van der Waals surface area (Å²) < 4.78 is 0.281. The van der Waals surface area contributed by atoms with Crippen LogP contribution in [0, 0.1) is 11.8 Å². The van der Waals surface area contributed by atoms with Crippen molar-refractivity contribution >= 4 is 11.8 Å². The quantitative estimate of drug-likeness (QED) is 0.797. The second kappa shape index (κ2) is 5.58. The molecule has 1 atom stereocenters. The molecule has 0 bridgehead atoms. The summed E-state index contributed by atoms with van der Waals surface area (Å²) in [5.41, 5.74) is 0. The summed E-state index contributed by atoms with van der Waals surface area (Å²) in [5.74, 6) is 2.35. The fourth-order valence-electron chi connectivity index (χ4n) is 2.14. The molecule has 0 spiro atoms. The molecular weight excluding hydrogens is 204 g/mol. The lowest BCUT2D eigenvalue weighted by Crippen LogP contribution is -2.28. The van der Waals surface area contributed by atoms with Crippen molar-refractivity contribution in [2.45, 2.75) is 64.2 Å². The third-order valence-corrected chi connectivity index (χ3v) is 4.67. The molecule has 1 unspecified atom stereocenters. The average Bonchev–Trinajstić information content (AvgIpc) is 2.14. The summed E-state index contributed by atoms with van der Waals surface area (Å²) in [4.78, 5) is 0. The molecule has 15 heavy (non-hydrogen) atoms. The lowest BCUT2D eigenvalue weighted by atomic mass is 9.81. The van der Waals surface area contributed by atoms with Gasteiger partial charge in [-0.05, 0) is 24.7 Å². The Balaban J connectivity index is 2.25. The van der Waals surface area contributed by atoms with Crippen LogP contribution >= 0.6 is 11.8 Å². The van der Waals surface area contributed by atoms with Gasteiger partial charge < -0.3 is 5.11 Å². The van der Waals surface area contributed by atoms with E-state index in [9.17, 15) is 5.11 Å². The van der Waals surface area contributed by atoms with Crippen LogP contribution in [0.2, 0.25) is 0 Å². The predicted octanol–water partition coefficient (Wildman–Crippen LogP) is 3.71. The molecule has 1 nitrogen and oxygen atoms in total. The van der Waals surface area contributed by atoms with Gasteiger partial charge in [-0.1, -0.05) is 40.5 Å². The van der Waals surface area contributed by atoms with E-state index in [1.54, 1.807) is 0 Å². The normalized spacial score (nSPS) is 30.2. The lowest BCUT2D eigenvalue weighted by Gasteiger charge is -2.31. The second-order valence-corrected chi connectivity index (χ2v) is 7.86. The van der Waals surface area contributed by atoms with E-state index in [1.165, 1.54) is 25.7 Å². The first kappa shape index (κ1) is 13.4. The molecule has 0 amide bonds. The van der Waals surface area contributed by atoms with E-state index in [2.05, 4.69) is 27.7 Å². The van der Waals surface area contributed by atoms with Crippen molar-refractivity contribution in [3.8, 4) is 0 Å². The van der Waals surface area contributed by atoms with Crippen molar-refractivity contribution in [2.75, 3.05) is 5.75 Å². The van der Waals surface area contributed by atoms with Gasteiger partial charge in [0.15, 0.2) is 0 Å². The first-order valence-electron chi connectivity index (χ1n) is 6.20. The smallest absolute Gasteiger partial charge is 0.0658 e. The van der Waals surface area contributed by atoms with Crippen molar-refractivity contribution in [2.24, 2.45) is 11.8 Å². The molecular formula is C13H26OS. The van der Waals surface area contributed by atoms with Crippen LogP contribution in [0.1, 0.15) is 53.4 Å². The molecule has 1 aliphatic rings. The van der Waals surface area contributed by atoms with Crippen LogP contribution < -0.4 is 0 Å². The zero-order valence-electron chi connectivity index (χ0n) is 10.6. The van der Waals surface area contributed by atoms with E-state index in [1.807, 2.05) is 11.8 Å². The highest BCUT2D eigenvalue weighted by Gasteiger charge is 2.25. The molecule has 0 aromatic rings. The van der Waals surface area contributed by atoms with Gasteiger partial charge in [0.25, 0.3) is 0 Å². The molecule has 1 aliphatic carbocycles. The molecule has 2 heteroatoms. The van der Waals surface area contributed by atoms with Gasteiger partial charge in [-0.2, -0.15) is 11.8 Å². The molecule has 0 radical (unpaired) electrons. The summed E-state index contributed by atoms with van der Waals surface area (Å²) >= 11 is 1.89. The van der Waals surface area contributed by atoms with Crippen LogP contribution in [0.3, 0.4) is 0 Å². The van der Waals surface area contributed by atoms with E-state index < -0.39 is 0 Å². The highest BCUT2D eigenvalue weighted by Crippen LogP contribution is 2.33. The summed E-state index contributed by atoms with van der Waals surface area (Å²) in [5, 5.41) is 10.1. The number of rotatable bonds is 3. The van der Waals surface area contributed by atoms with Crippen molar-refractivity contribution in [1.82, 2.24) is 0 Å². The Hall–Kier alpha value is 0.310. The Kier molecular flexibility index (Phi) is 4.98. The van der Waals surface area contributed by atoms with Gasteiger partial charge in [0, 0.05) is 10.5 Å². The minimum absolute atomic E-state index is 0.0817. The molecule has 0 saturated heterocycles. The van der Waals surface area contributed by atoms with Crippen LogP contribution in [0.15, 0.2) is 0 Å². The van der Waals surface area contributed by atoms with Gasteiger partial charge in [-0.15, -0.1) is 0 Å². The maximum atomic E-state index is 10.1. The topological polar surface area (TPSA) is 20.2 Å². The highest BCUT2D eigenvalue weighted by atomic mass is 32.2. The van der Waals surface area contributed by atoms with Crippen molar-refractivity contribution in [1.29, 1.82) is 0 Å². The van der Waals surface area contributed by atoms with Gasteiger partial charge in [0.05, 0.1) is 6.10 Å². The van der Waals surface area contributed by atoms with E-state index >= 15 is 0 Å². The molecule has 0 heterocycles. The predicted molar refractivity (Wildman–Crippen MR) is 69.3 cm³/mol. The van der Waals surface area contributed by atoms with Crippen LogP contribution in [-0.4, -0.2) is 21.7 Å². The maximum Gasteiger partial charge on any atom is 0.0658 e. The Morgan fingerprint density at radius 3 is 2.20 bits per heavy atom. The van der Waals surface area contributed by atoms with E-state index in [0.717, 1.165) is 11.7 Å². The van der Waals surface area contributed by atoms with Crippen LogP contribution in [0.4, 0.5) is 0 Å². The Labute approximate surface area is 99.0 Å². The molecule has 1 fully saturated rings. The van der Waals surface area contributed by atoms with Crippen molar-refractivity contribution < 1.29 is 5.11 Å². The van der Waals surface area contributed by atoms with Gasteiger partial charge in [-0.25, -0.2) is 0 Å². The second-order valence-electron chi connectivity index (χ2n) is 6.01. The van der Waals surface area contributed by atoms with Crippen molar-refractivity contribution in [3.63, 3.8) is 0 Å². The summed E-state index contributed by atoms with van der Waals surface area (Å²) in [6.45, 7) is 8.97. The number of hydrogen-bond donors (Lipinski definition) is 1. The molecule has 0 aromatic heterocycles. The maximum absolute atomic E-state index is 10.1. The molecule has 0 aliphatic heterocycles. The third-order valence-electron chi connectivity index (χ3n) is 3.29. The summed E-state index contributed by atoms with van der Waals surface area (Å²) in [7, 11) is 0. The highest BCUT2D eigenvalue weighted by molar-refractivity contribution is 8.00. The Morgan fingerprint density at radius 2 is 1.73 bits per heavy atom. The Morgan fingerprint density at radius 1 is 1.20 bits per heavy atom. The average molecular weight is 230 g/mol. The standard InChI is InChI=1S/C13H26OS/c1-10-5-7-11(8-6-10)12(14)9-15-13(2,3)4/h10-12,14H,5-9H2,1-4H3. The first-order chi connectivity index (χ1) is 6.88. The lowest BCUT2D eigenvalue weighted by molar-refractivity contribution is 0.0945. The fourth-order valence-corrected chi connectivity index (χ4v) is 3.09. The minimum Gasteiger partial charge on any atom is -0.392 e. The van der Waals surface area contributed by atoms with Gasteiger partial charge in [-0.3, -0.25) is 0 Å². The number of hydrogen-bond acceptors (Lipinski definition) is 2. The van der Waals surface area contributed by atoms with Crippen LogP contribution in [-0.2, 0) is 0 Å². The third kappa shape index (κ3) is 5.26. The summed E-state index contributed by atoms with van der Waals surface area (Å²) in [6, 6.07) is 0. The summed E-state index contributed by atoms with van der Waals surface area (Å²) in [6.07, 6.45) is 4.99. The molecule has 0 aromatic carbocycles. The van der Waals surface area contributed by atoms with E-state index in [0.29, 0.717) is 5.92 Å². The SMILES string of the molecule is CC1CCC(C(O)CSC(C)(C)C)CC1. The van der Waals surface area contributed by atoms with Gasteiger partial charge >= 0.3 is 0 Å².